The van der Waals surface area contributed by atoms with Gasteiger partial charge in [0.25, 0.3) is 5.91 Å². The number of amides is 1. The average Bonchev–Trinajstić information content (AvgIpc) is 2.47. The lowest BCUT2D eigenvalue weighted by Crippen LogP contribution is -2.23. The predicted molar refractivity (Wildman–Crippen MR) is 47.0 cm³/mol. The van der Waals surface area contributed by atoms with Crippen molar-refractivity contribution in [1.29, 1.82) is 0 Å². The van der Waals surface area contributed by atoms with Gasteiger partial charge in [-0.05, 0) is 23.9 Å². The van der Waals surface area contributed by atoms with Crippen molar-refractivity contribution in [1.82, 2.24) is 5.32 Å². The van der Waals surface area contributed by atoms with Gasteiger partial charge < -0.3 is 5.32 Å². The summed E-state index contributed by atoms with van der Waals surface area (Å²) in [6.07, 6.45) is 0.281. The zero-order chi connectivity index (χ0) is 8.97. The highest BCUT2D eigenvalue weighted by Crippen LogP contribution is 2.14. The molecule has 1 heterocycles. The maximum absolute atomic E-state index is 10.5. The molecular weight excluding hydrogens is 174 g/mol. The molecule has 0 fully saturated rings. The molecule has 1 aromatic rings. The Bertz CT molecular complexity index is 293. The van der Waals surface area contributed by atoms with Crippen LogP contribution in [0.4, 0.5) is 0 Å². The van der Waals surface area contributed by atoms with Gasteiger partial charge in [0, 0.05) is 4.88 Å². The first-order chi connectivity index (χ1) is 5.74. The number of carbonyl (C=O) groups excluding carboxylic acids is 2. The fourth-order valence-corrected chi connectivity index (χ4v) is 1.64. The van der Waals surface area contributed by atoms with Gasteiger partial charge in [-0.15, -0.1) is 11.3 Å². The van der Waals surface area contributed by atoms with Crippen LogP contribution in [0.2, 0.25) is 0 Å². The van der Waals surface area contributed by atoms with Crippen molar-refractivity contribution in [2.24, 2.45) is 0 Å². The monoisotopic (exact) mass is 183 g/mol. The van der Waals surface area contributed by atoms with Crippen molar-refractivity contribution >= 4 is 23.5 Å². The Morgan fingerprint density at radius 1 is 1.75 bits per heavy atom. The third-order valence-corrected chi connectivity index (χ3v) is 2.52. The molecule has 1 aromatic heterocycles. The minimum atomic E-state index is -0.567. The molecule has 1 amide bonds. The van der Waals surface area contributed by atoms with E-state index in [-0.39, 0.29) is 6.29 Å². The van der Waals surface area contributed by atoms with E-state index in [1.54, 1.807) is 11.3 Å². The minimum absolute atomic E-state index is 0.281. The second kappa shape index (κ2) is 4.01. The molecule has 0 aromatic carbocycles. The molecule has 1 rings (SSSR count). The molecule has 0 unspecified atom stereocenters. The summed E-state index contributed by atoms with van der Waals surface area (Å²) in [6.45, 7) is 2.42. The van der Waals surface area contributed by atoms with Gasteiger partial charge in [0.15, 0.2) is 0 Å². The largest absolute Gasteiger partial charge is 0.345 e. The maximum atomic E-state index is 10.5. The number of aryl methyl sites for hydroxylation is 1. The Balaban J connectivity index is 2.48. The summed E-state index contributed by atoms with van der Waals surface area (Å²) in [5.41, 5.74) is 1.14. The minimum Gasteiger partial charge on any atom is -0.345 e. The molecule has 0 atom stereocenters. The maximum Gasteiger partial charge on any atom is 0.284 e. The van der Waals surface area contributed by atoms with E-state index in [9.17, 15) is 9.59 Å². The molecule has 3 nitrogen and oxygen atoms in total. The van der Waals surface area contributed by atoms with Gasteiger partial charge in [-0.3, -0.25) is 9.59 Å². The van der Waals surface area contributed by atoms with Crippen molar-refractivity contribution in [2.75, 3.05) is 0 Å². The molecule has 0 bridgehead atoms. The zero-order valence-corrected chi connectivity index (χ0v) is 7.48. The third-order valence-electron chi connectivity index (χ3n) is 1.50. The summed E-state index contributed by atoms with van der Waals surface area (Å²) in [5, 5.41) is 4.44. The third kappa shape index (κ3) is 2.17. The van der Waals surface area contributed by atoms with Crippen LogP contribution in [0, 0.1) is 6.92 Å². The highest BCUT2D eigenvalue weighted by Gasteiger charge is 2.01. The number of aldehydes is 1. The van der Waals surface area contributed by atoms with Crippen LogP contribution < -0.4 is 5.32 Å². The quantitative estimate of drug-likeness (QED) is 0.558. The van der Waals surface area contributed by atoms with Crippen molar-refractivity contribution < 1.29 is 9.59 Å². The molecule has 0 aliphatic rings. The van der Waals surface area contributed by atoms with Crippen LogP contribution >= 0.6 is 11.3 Å². The van der Waals surface area contributed by atoms with Crippen LogP contribution in [0.25, 0.3) is 0 Å². The second-order valence-corrected chi connectivity index (χ2v) is 3.36. The standard InChI is InChI=1S/C8H9NO2S/c1-6-2-3-12-7(6)4-9-8(11)5-10/h2-3,5H,4H2,1H3,(H,9,11). The van der Waals surface area contributed by atoms with Gasteiger partial charge in [-0.1, -0.05) is 0 Å². The summed E-state index contributed by atoms with van der Waals surface area (Å²) in [7, 11) is 0. The van der Waals surface area contributed by atoms with Gasteiger partial charge in [-0.2, -0.15) is 0 Å². The van der Waals surface area contributed by atoms with Crippen LogP contribution in [0.3, 0.4) is 0 Å². The van der Waals surface area contributed by atoms with Crippen molar-refractivity contribution in [2.45, 2.75) is 13.5 Å². The SMILES string of the molecule is Cc1ccsc1CNC(=O)C=O. The molecule has 0 radical (unpaired) electrons. The summed E-state index contributed by atoms with van der Waals surface area (Å²) >= 11 is 1.57. The fourth-order valence-electron chi connectivity index (χ4n) is 0.794. The van der Waals surface area contributed by atoms with E-state index < -0.39 is 5.91 Å². The summed E-state index contributed by atoms with van der Waals surface area (Å²) < 4.78 is 0. The van der Waals surface area contributed by atoms with E-state index in [4.69, 9.17) is 0 Å². The highest BCUT2D eigenvalue weighted by molar-refractivity contribution is 7.10. The number of carbonyl (C=O) groups is 2. The van der Waals surface area contributed by atoms with Crippen LogP contribution in [0.5, 0.6) is 0 Å². The molecule has 4 heteroatoms. The smallest absolute Gasteiger partial charge is 0.284 e. The molecule has 0 saturated heterocycles. The second-order valence-electron chi connectivity index (χ2n) is 2.36. The van der Waals surface area contributed by atoms with E-state index in [0.29, 0.717) is 6.54 Å². The topological polar surface area (TPSA) is 46.2 Å². The van der Waals surface area contributed by atoms with E-state index in [1.165, 1.54) is 0 Å². The van der Waals surface area contributed by atoms with Crippen molar-refractivity contribution in [3.8, 4) is 0 Å². The Morgan fingerprint density at radius 2 is 2.50 bits per heavy atom. The van der Waals surface area contributed by atoms with Gasteiger partial charge in [0.1, 0.15) is 0 Å². The lowest BCUT2D eigenvalue weighted by atomic mass is 10.3. The molecule has 12 heavy (non-hydrogen) atoms. The number of hydrogen-bond acceptors (Lipinski definition) is 3. The first-order valence-corrected chi connectivity index (χ1v) is 4.38. The fraction of sp³-hybridized carbons (Fsp3) is 0.250. The van der Waals surface area contributed by atoms with Crippen molar-refractivity contribution in [3.63, 3.8) is 0 Å². The van der Waals surface area contributed by atoms with E-state index in [0.717, 1.165) is 10.4 Å². The normalized spacial score (nSPS) is 9.42. The van der Waals surface area contributed by atoms with E-state index >= 15 is 0 Å². The lowest BCUT2D eigenvalue weighted by Gasteiger charge is -1.98. The van der Waals surface area contributed by atoms with Crippen LogP contribution in [0.15, 0.2) is 11.4 Å². The number of hydrogen-bond donors (Lipinski definition) is 1. The van der Waals surface area contributed by atoms with Crippen LogP contribution in [0.1, 0.15) is 10.4 Å². The number of thiophene rings is 1. The first-order valence-electron chi connectivity index (χ1n) is 3.50. The zero-order valence-electron chi connectivity index (χ0n) is 6.66. The first kappa shape index (κ1) is 8.93. The molecule has 64 valence electrons. The van der Waals surface area contributed by atoms with Crippen LogP contribution in [-0.4, -0.2) is 12.2 Å². The predicted octanol–water partition coefficient (Wildman–Crippen LogP) is 0.872. The highest BCUT2D eigenvalue weighted by atomic mass is 32.1. The Hall–Kier alpha value is -1.16. The molecule has 0 saturated carbocycles. The van der Waals surface area contributed by atoms with E-state index in [2.05, 4.69) is 5.32 Å². The Kier molecular flexibility index (Phi) is 2.99. The molecular formula is C8H9NO2S. The summed E-state index contributed by atoms with van der Waals surface area (Å²) in [4.78, 5) is 21.6. The summed E-state index contributed by atoms with van der Waals surface area (Å²) in [5.74, 6) is -0.567. The van der Waals surface area contributed by atoms with Gasteiger partial charge in [-0.25, -0.2) is 0 Å². The molecule has 1 N–H and O–H groups in total. The van der Waals surface area contributed by atoms with Gasteiger partial charge in [0.05, 0.1) is 6.54 Å². The summed E-state index contributed by atoms with van der Waals surface area (Å²) in [6, 6.07) is 1.98. The average molecular weight is 183 g/mol. The van der Waals surface area contributed by atoms with Crippen molar-refractivity contribution in [3.05, 3.63) is 21.9 Å². The Morgan fingerprint density at radius 3 is 3.00 bits per heavy atom. The van der Waals surface area contributed by atoms with Gasteiger partial charge in [0.2, 0.25) is 6.29 Å². The number of rotatable bonds is 3. The molecule has 0 aliphatic carbocycles. The molecule has 0 spiro atoms. The lowest BCUT2D eigenvalue weighted by molar-refractivity contribution is -0.131. The number of nitrogens with one attached hydrogen (secondary N) is 1. The molecule has 0 aliphatic heterocycles. The Labute approximate surface area is 74.4 Å². The van der Waals surface area contributed by atoms with Crippen LogP contribution in [-0.2, 0) is 16.1 Å². The van der Waals surface area contributed by atoms with Gasteiger partial charge >= 0.3 is 0 Å². The van der Waals surface area contributed by atoms with E-state index in [1.807, 2.05) is 18.4 Å².